The summed E-state index contributed by atoms with van der Waals surface area (Å²) in [4.78, 5) is 23.9. The summed E-state index contributed by atoms with van der Waals surface area (Å²) in [5.41, 5.74) is 3.06. The summed E-state index contributed by atoms with van der Waals surface area (Å²) in [6.07, 6.45) is 4.78. The van der Waals surface area contributed by atoms with Gasteiger partial charge in [-0.25, -0.2) is 0 Å². The van der Waals surface area contributed by atoms with Crippen molar-refractivity contribution in [1.82, 2.24) is 5.32 Å². The minimum Gasteiger partial charge on any atom is -0.355 e. The number of carbonyl (C=O) groups is 2. The SMILES string of the molecule is CCCCc1ccc(NC(=O)C(C#N)=Cc2ccc(C(=O)NC)cc2)cc1. The van der Waals surface area contributed by atoms with E-state index in [1.54, 1.807) is 31.3 Å². The van der Waals surface area contributed by atoms with Crippen molar-refractivity contribution in [3.8, 4) is 6.07 Å². The number of hydrogen-bond acceptors (Lipinski definition) is 3. The Morgan fingerprint density at radius 3 is 2.30 bits per heavy atom. The first-order valence-corrected chi connectivity index (χ1v) is 8.91. The molecule has 27 heavy (non-hydrogen) atoms. The van der Waals surface area contributed by atoms with Crippen molar-refractivity contribution in [2.45, 2.75) is 26.2 Å². The van der Waals surface area contributed by atoms with E-state index in [4.69, 9.17) is 0 Å². The first-order chi connectivity index (χ1) is 13.1. The van der Waals surface area contributed by atoms with Gasteiger partial charge in [0.05, 0.1) is 0 Å². The van der Waals surface area contributed by atoms with Crippen molar-refractivity contribution in [3.63, 3.8) is 0 Å². The fraction of sp³-hybridized carbons (Fsp3) is 0.227. The molecule has 5 nitrogen and oxygen atoms in total. The summed E-state index contributed by atoms with van der Waals surface area (Å²) in [5.74, 6) is -0.652. The normalized spacial score (nSPS) is 10.8. The predicted octanol–water partition coefficient (Wildman–Crippen LogP) is 3.93. The largest absolute Gasteiger partial charge is 0.355 e. The predicted molar refractivity (Wildman–Crippen MR) is 107 cm³/mol. The van der Waals surface area contributed by atoms with Crippen LogP contribution in [0.15, 0.2) is 54.1 Å². The maximum Gasteiger partial charge on any atom is 0.266 e. The second-order valence-electron chi connectivity index (χ2n) is 6.13. The summed E-state index contributed by atoms with van der Waals surface area (Å²) in [6.45, 7) is 2.15. The minimum absolute atomic E-state index is 0.00208. The van der Waals surface area contributed by atoms with E-state index >= 15 is 0 Å². The average Bonchev–Trinajstić information content (AvgIpc) is 2.71. The van der Waals surface area contributed by atoms with Crippen molar-refractivity contribution < 1.29 is 9.59 Å². The van der Waals surface area contributed by atoms with Crippen LogP contribution in [0.4, 0.5) is 5.69 Å². The van der Waals surface area contributed by atoms with Crippen LogP contribution < -0.4 is 10.6 Å². The Kier molecular flexibility index (Phi) is 7.33. The van der Waals surface area contributed by atoms with Gasteiger partial charge in [0, 0.05) is 18.3 Å². The van der Waals surface area contributed by atoms with Crippen LogP contribution in [0.5, 0.6) is 0 Å². The molecule has 2 aromatic rings. The number of benzene rings is 2. The topological polar surface area (TPSA) is 82.0 Å². The molecule has 2 rings (SSSR count). The van der Waals surface area contributed by atoms with E-state index in [0.717, 1.165) is 19.3 Å². The zero-order valence-electron chi connectivity index (χ0n) is 15.6. The Morgan fingerprint density at radius 2 is 1.74 bits per heavy atom. The monoisotopic (exact) mass is 361 g/mol. The number of aryl methyl sites for hydroxylation is 1. The molecule has 138 valence electrons. The van der Waals surface area contributed by atoms with E-state index in [-0.39, 0.29) is 11.5 Å². The molecule has 0 saturated heterocycles. The van der Waals surface area contributed by atoms with Gasteiger partial charge in [0.2, 0.25) is 0 Å². The van der Waals surface area contributed by atoms with Crippen molar-refractivity contribution in [3.05, 3.63) is 70.8 Å². The van der Waals surface area contributed by atoms with Crippen LogP contribution in [0.2, 0.25) is 0 Å². The van der Waals surface area contributed by atoms with Gasteiger partial charge >= 0.3 is 0 Å². The minimum atomic E-state index is -0.464. The summed E-state index contributed by atoms with van der Waals surface area (Å²) >= 11 is 0. The Bertz CT molecular complexity index is 860. The number of nitriles is 1. The van der Waals surface area contributed by atoms with Crippen LogP contribution in [0, 0.1) is 11.3 Å². The molecule has 0 aromatic heterocycles. The van der Waals surface area contributed by atoms with Gasteiger partial charge in [0.25, 0.3) is 11.8 Å². The molecule has 0 fully saturated rings. The zero-order chi connectivity index (χ0) is 19.6. The summed E-state index contributed by atoms with van der Waals surface area (Å²) in [6, 6.07) is 16.3. The standard InChI is InChI=1S/C22H23N3O2/c1-3-4-5-16-8-12-20(13-9-16)25-22(27)19(15-23)14-17-6-10-18(11-7-17)21(26)24-2/h6-14H,3-5H2,1-2H3,(H,24,26)(H,25,27). The third-order valence-electron chi connectivity index (χ3n) is 4.11. The fourth-order valence-corrected chi connectivity index (χ4v) is 2.52. The molecule has 5 heteroatoms. The number of nitrogens with zero attached hydrogens (tertiary/aromatic N) is 1. The van der Waals surface area contributed by atoms with Gasteiger partial charge in [-0.2, -0.15) is 5.26 Å². The maximum absolute atomic E-state index is 12.4. The van der Waals surface area contributed by atoms with E-state index in [1.165, 1.54) is 11.6 Å². The highest BCUT2D eigenvalue weighted by molar-refractivity contribution is 6.09. The molecule has 0 aliphatic heterocycles. The number of carbonyl (C=O) groups excluding carboxylic acids is 2. The highest BCUT2D eigenvalue weighted by atomic mass is 16.2. The van der Waals surface area contributed by atoms with Crippen molar-refractivity contribution >= 4 is 23.6 Å². The number of hydrogen-bond donors (Lipinski definition) is 2. The van der Waals surface area contributed by atoms with Crippen LogP contribution in [-0.2, 0) is 11.2 Å². The molecule has 2 amide bonds. The second kappa shape index (κ2) is 9.93. The molecule has 0 unspecified atom stereocenters. The fourth-order valence-electron chi connectivity index (χ4n) is 2.52. The first kappa shape index (κ1) is 19.9. The van der Waals surface area contributed by atoms with Gasteiger partial charge in [-0.3, -0.25) is 9.59 Å². The van der Waals surface area contributed by atoms with Gasteiger partial charge in [0.1, 0.15) is 11.6 Å². The highest BCUT2D eigenvalue weighted by Crippen LogP contribution is 2.14. The van der Waals surface area contributed by atoms with Gasteiger partial charge < -0.3 is 10.6 Å². The number of anilines is 1. The van der Waals surface area contributed by atoms with Gasteiger partial charge in [-0.05, 0) is 54.3 Å². The van der Waals surface area contributed by atoms with E-state index in [0.29, 0.717) is 16.8 Å². The van der Waals surface area contributed by atoms with Gasteiger partial charge in [0.15, 0.2) is 0 Å². The second-order valence-corrected chi connectivity index (χ2v) is 6.13. The van der Waals surface area contributed by atoms with Crippen molar-refractivity contribution in [2.75, 3.05) is 12.4 Å². The van der Waals surface area contributed by atoms with Crippen LogP contribution in [0.1, 0.15) is 41.3 Å². The number of amides is 2. The molecule has 0 spiro atoms. The molecular weight excluding hydrogens is 338 g/mol. The molecule has 0 saturated carbocycles. The van der Waals surface area contributed by atoms with Crippen molar-refractivity contribution in [1.29, 1.82) is 5.26 Å². The molecule has 0 heterocycles. The lowest BCUT2D eigenvalue weighted by Gasteiger charge is -2.06. The molecule has 0 atom stereocenters. The van der Waals surface area contributed by atoms with Crippen LogP contribution in [-0.4, -0.2) is 18.9 Å². The molecule has 2 N–H and O–H groups in total. The van der Waals surface area contributed by atoms with Crippen molar-refractivity contribution in [2.24, 2.45) is 0 Å². The lowest BCUT2D eigenvalue weighted by Crippen LogP contribution is -2.17. The Morgan fingerprint density at radius 1 is 1.07 bits per heavy atom. The zero-order valence-corrected chi connectivity index (χ0v) is 15.6. The van der Waals surface area contributed by atoms with Crippen LogP contribution >= 0.6 is 0 Å². The molecule has 0 bridgehead atoms. The number of nitrogens with one attached hydrogen (secondary N) is 2. The van der Waals surface area contributed by atoms with Gasteiger partial charge in [-0.15, -0.1) is 0 Å². The summed E-state index contributed by atoms with van der Waals surface area (Å²) in [5, 5.41) is 14.6. The Labute approximate surface area is 159 Å². The lowest BCUT2D eigenvalue weighted by atomic mass is 10.1. The lowest BCUT2D eigenvalue weighted by molar-refractivity contribution is -0.112. The third kappa shape index (κ3) is 5.82. The van der Waals surface area contributed by atoms with E-state index in [1.807, 2.05) is 30.3 Å². The average molecular weight is 361 g/mol. The Hall–Kier alpha value is -3.39. The summed E-state index contributed by atoms with van der Waals surface area (Å²) in [7, 11) is 1.56. The molecule has 0 aliphatic carbocycles. The van der Waals surface area contributed by atoms with E-state index < -0.39 is 5.91 Å². The highest BCUT2D eigenvalue weighted by Gasteiger charge is 2.10. The number of rotatable bonds is 7. The Balaban J connectivity index is 2.07. The molecule has 0 radical (unpaired) electrons. The van der Waals surface area contributed by atoms with E-state index in [2.05, 4.69) is 17.6 Å². The van der Waals surface area contributed by atoms with Crippen LogP contribution in [0.3, 0.4) is 0 Å². The quantitative estimate of drug-likeness (QED) is 0.579. The smallest absolute Gasteiger partial charge is 0.266 e. The van der Waals surface area contributed by atoms with E-state index in [9.17, 15) is 14.9 Å². The molecule has 0 aliphatic rings. The maximum atomic E-state index is 12.4. The van der Waals surface area contributed by atoms with Crippen LogP contribution in [0.25, 0.3) is 6.08 Å². The van der Waals surface area contributed by atoms with Gasteiger partial charge in [-0.1, -0.05) is 37.6 Å². The molecule has 2 aromatic carbocycles. The first-order valence-electron chi connectivity index (χ1n) is 8.91. The molecular formula is C22H23N3O2. The number of unbranched alkanes of at least 4 members (excludes halogenated alkanes) is 1. The third-order valence-corrected chi connectivity index (χ3v) is 4.11. The summed E-state index contributed by atoms with van der Waals surface area (Å²) < 4.78 is 0.